The first-order valence-electron chi connectivity index (χ1n) is 16.2. The van der Waals surface area contributed by atoms with Gasteiger partial charge in [-0.3, -0.25) is 4.90 Å². The standard InChI is InChI=1S/C37H50N4OS/c1-6-41(7-2)33(26-29-20-22-31(23-21-29)35(39(3)4)34-19-14-24-43-34)36-38-32(25-28-15-10-8-11-16-28)37(42-36)40(5)27-30-17-12-9-13-18-30/h8-19,24,29,31,33,35H,6-7,20-23,25-27H2,1-5H3. The second kappa shape index (κ2) is 15.2. The summed E-state index contributed by atoms with van der Waals surface area (Å²) >= 11 is 1.91. The van der Waals surface area contributed by atoms with E-state index in [9.17, 15) is 0 Å². The summed E-state index contributed by atoms with van der Waals surface area (Å²) in [6.45, 7) is 7.31. The van der Waals surface area contributed by atoms with E-state index in [4.69, 9.17) is 9.40 Å². The smallest absolute Gasteiger partial charge is 0.220 e. The lowest BCUT2D eigenvalue weighted by molar-refractivity contribution is 0.113. The Morgan fingerprint density at radius 1 is 0.837 bits per heavy atom. The van der Waals surface area contributed by atoms with Crippen molar-refractivity contribution in [3.8, 4) is 0 Å². The summed E-state index contributed by atoms with van der Waals surface area (Å²) in [6, 6.07) is 26.5. The Balaban J connectivity index is 1.37. The minimum absolute atomic E-state index is 0.187. The predicted octanol–water partition coefficient (Wildman–Crippen LogP) is 8.85. The summed E-state index contributed by atoms with van der Waals surface area (Å²) in [7, 11) is 6.62. The summed E-state index contributed by atoms with van der Waals surface area (Å²) in [5.41, 5.74) is 3.56. The van der Waals surface area contributed by atoms with Gasteiger partial charge in [0.2, 0.25) is 11.8 Å². The molecule has 6 heteroatoms. The van der Waals surface area contributed by atoms with E-state index in [1.807, 2.05) is 11.3 Å². The third-order valence-corrected chi connectivity index (χ3v) is 10.3. The van der Waals surface area contributed by atoms with Crippen molar-refractivity contribution in [3.63, 3.8) is 0 Å². The van der Waals surface area contributed by atoms with Crippen LogP contribution >= 0.6 is 11.3 Å². The Hall–Kier alpha value is -2.93. The Kier molecular flexibility index (Phi) is 11.1. The molecule has 2 aromatic heterocycles. The molecular formula is C37H50N4OS. The number of nitrogens with zero attached hydrogens (tertiary/aromatic N) is 4. The fourth-order valence-electron chi connectivity index (χ4n) is 7.13. The largest absolute Gasteiger partial charge is 0.423 e. The number of hydrogen-bond acceptors (Lipinski definition) is 6. The lowest BCUT2D eigenvalue weighted by atomic mass is 9.75. The Morgan fingerprint density at radius 3 is 2.07 bits per heavy atom. The molecule has 0 spiro atoms. The van der Waals surface area contributed by atoms with Crippen molar-refractivity contribution in [3.05, 3.63) is 106 Å². The number of rotatable bonds is 14. The molecule has 1 aliphatic carbocycles. The zero-order valence-electron chi connectivity index (χ0n) is 26.8. The topological polar surface area (TPSA) is 35.8 Å². The minimum Gasteiger partial charge on any atom is -0.423 e. The quantitative estimate of drug-likeness (QED) is 0.145. The highest BCUT2D eigenvalue weighted by Gasteiger charge is 2.34. The molecule has 2 atom stereocenters. The van der Waals surface area contributed by atoms with Crippen LogP contribution < -0.4 is 4.90 Å². The molecule has 5 nitrogen and oxygen atoms in total. The number of oxazole rings is 1. The highest BCUT2D eigenvalue weighted by molar-refractivity contribution is 7.10. The molecule has 0 radical (unpaired) electrons. The molecule has 5 rings (SSSR count). The van der Waals surface area contributed by atoms with Gasteiger partial charge >= 0.3 is 0 Å². The Bertz CT molecular complexity index is 1340. The number of benzene rings is 2. The van der Waals surface area contributed by atoms with Gasteiger partial charge in [0.25, 0.3) is 0 Å². The van der Waals surface area contributed by atoms with E-state index in [1.165, 1.54) is 41.7 Å². The maximum Gasteiger partial charge on any atom is 0.220 e. The monoisotopic (exact) mass is 598 g/mol. The van der Waals surface area contributed by atoms with Gasteiger partial charge in [0, 0.05) is 30.9 Å². The molecule has 43 heavy (non-hydrogen) atoms. The van der Waals surface area contributed by atoms with Gasteiger partial charge in [-0.15, -0.1) is 11.3 Å². The van der Waals surface area contributed by atoms with Crippen molar-refractivity contribution >= 4 is 17.2 Å². The van der Waals surface area contributed by atoms with Crippen molar-refractivity contribution in [2.75, 3.05) is 39.1 Å². The van der Waals surface area contributed by atoms with Gasteiger partial charge in [-0.2, -0.15) is 0 Å². The fraction of sp³-hybridized carbons (Fsp3) is 0.486. The van der Waals surface area contributed by atoms with Gasteiger partial charge in [0.05, 0.1) is 6.04 Å². The molecule has 2 heterocycles. The van der Waals surface area contributed by atoms with E-state index in [-0.39, 0.29) is 6.04 Å². The second-order valence-corrected chi connectivity index (χ2v) is 13.5. The van der Waals surface area contributed by atoms with E-state index in [0.29, 0.717) is 17.9 Å². The molecule has 230 valence electrons. The van der Waals surface area contributed by atoms with Gasteiger partial charge in [0.1, 0.15) is 5.69 Å². The predicted molar refractivity (Wildman–Crippen MR) is 181 cm³/mol. The van der Waals surface area contributed by atoms with Crippen LogP contribution in [0.5, 0.6) is 0 Å². The number of thiophene rings is 1. The second-order valence-electron chi connectivity index (χ2n) is 12.5. The van der Waals surface area contributed by atoms with E-state index in [1.54, 1.807) is 0 Å². The first kappa shape index (κ1) is 31.5. The van der Waals surface area contributed by atoms with E-state index in [2.05, 4.69) is 128 Å². The maximum atomic E-state index is 6.82. The molecule has 0 bridgehead atoms. The van der Waals surface area contributed by atoms with Crippen molar-refractivity contribution in [1.82, 2.24) is 14.8 Å². The molecular weight excluding hydrogens is 549 g/mol. The first-order valence-corrected chi connectivity index (χ1v) is 17.1. The van der Waals surface area contributed by atoms with Crippen LogP contribution in [-0.2, 0) is 13.0 Å². The van der Waals surface area contributed by atoms with Crippen LogP contribution in [-0.4, -0.2) is 49.0 Å². The molecule has 1 fully saturated rings. The average Bonchev–Trinajstić information content (AvgIpc) is 3.70. The Morgan fingerprint density at radius 2 is 1.49 bits per heavy atom. The van der Waals surface area contributed by atoms with Crippen LogP contribution in [0.2, 0.25) is 0 Å². The summed E-state index contributed by atoms with van der Waals surface area (Å²) < 4.78 is 6.82. The van der Waals surface area contributed by atoms with E-state index >= 15 is 0 Å². The molecule has 1 aliphatic rings. The summed E-state index contributed by atoms with van der Waals surface area (Å²) in [4.78, 5) is 14.0. The highest BCUT2D eigenvalue weighted by atomic mass is 32.1. The molecule has 4 aromatic rings. The molecule has 0 N–H and O–H groups in total. The fourth-order valence-corrected chi connectivity index (χ4v) is 8.14. The lowest BCUT2D eigenvalue weighted by Crippen LogP contribution is -2.33. The van der Waals surface area contributed by atoms with Crippen LogP contribution in [0.15, 0.2) is 82.6 Å². The third-order valence-electron chi connectivity index (χ3n) is 9.34. The number of aromatic nitrogens is 1. The van der Waals surface area contributed by atoms with Gasteiger partial charge in [-0.25, -0.2) is 4.98 Å². The van der Waals surface area contributed by atoms with Gasteiger partial charge in [0.15, 0.2) is 0 Å². The first-order chi connectivity index (χ1) is 21.0. The molecule has 0 amide bonds. The van der Waals surface area contributed by atoms with E-state index in [0.717, 1.165) is 49.9 Å². The SMILES string of the molecule is CCN(CC)C(CC1CCC(C(c2cccs2)N(C)C)CC1)c1nc(Cc2ccccc2)c(N(C)Cc2ccccc2)o1. The molecule has 2 aromatic carbocycles. The molecule has 0 saturated heterocycles. The number of hydrogen-bond donors (Lipinski definition) is 0. The summed E-state index contributed by atoms with van der Waals surface area (Å²) in [5, 5.41) is 2.22. The van der Waals surface area contributed by atoms with Crippen molar-refractivity contribution < 1.29 is 4.42 Å². The third kappa shape index (κ3) is 7.97. The van der Waals surface area contributed by atoms with Crippen LogP contribution in [0.25, 0.3) is 0 Å². The summed E-state index contributed by atoms with van der Waals surface area (Å²) in [6.07, 6.45) is 6.99. The number of anilines is 1. The van der Waals surface area contributed by atoms with Crippen LogP contribution in [0.3, 0.4) is 0 Å². The zero-order chi connectivity index (χ0) is 30.2. The minimum atomic E-state index is 0.187. The van der Waals surface area contributed by atoms with E-state index < -0.39 is 0 Å². The lowest BCUT2D eigenvalue weighted by Gasteiger charge is -2.38. The van der Waals surface area contributed by atoms with Gasteiger partial charge in [-0.05, 0) is 80.9 Å². The zero-order valence-corrected chi connectivity index (χ0v) is 27.6. The molecule has 0 aliphatic heterocycles. The normalized spacial score (nSPS) is 18.7. The van der Waals surface area contributed by atoms with Gasteiger partial charge < -0.3 is 14.2 Å². The van der Waals surface area contributed by atoms with Crippen LogP contribution in [0.4, 0.5) is 5.88 Å². The van der Waals surface area contributed by atoms with Crippen molar-refractivity contribution in [2.24, 2.45) is 11.8 Å². The van der Waals surface area contributed by atoms with Gasteiger partial charge in [-0.1, -0.05) is 93.4 Å². The molecule has 1 saturated carbocycles. The van der Waals surface area contributed by atoms with Crippen LogP contribution in [0, 0.1) is 11.8 Å². The average molecular weight is 599 g/mol. The Labute approximate surface area is 263 Å². The maximum absolute atomic E-state index is 6.82. The summed E-state index contributed by atoms with van der Waals surface area (Å²) in [5.74, 6) is 3.18. The molecule has 2 unspecified atom stereocenters. The van der Waals surface area contributed by atoms with Crippen molar-refractivity contribution in [2.45, 2.75) is 71.0 Å². The van der Waals surface area contributed by atoms with Crippen LogP contribution in [0.1, 0.15) is 85.6 Å². The van der Waals surface area contributed by atoms with Crippen molar-refractivity contribution in [1.29, 1.82) is 0 Å². The highest BCUT2D eigenvalue weighted by Crippen LogP contribution is 2.44.